The quantitative estimate of drug-likeness (QED) is 0.142. The largest absolute Gasteiger partial charge is 0.449 e. The van der Waals surface area contributed by atoms with Crippen molar-refractivity contribution in [2.45, 2.75) is 10.8 Å². The van der Waals surface area contributed by atoms with Gasteiger partial charge in [0.2, 0.25) is 0 Å². The summed E-state index contributed by atoms with van der Waals surface area (Å²) in [5.74, 6) is 2.76. The van der Waals surface area contributed by atoms with Gasteiger partial charge in [0.15, 0.2) is 23.0 Å². The third-order valence-corrected chi connectivity index (χ3v) is 15.1. The number of ether oxygens (including phenoxy) is 2. The first-order valence-corrected chi connectivity index (χ1v) is 24.4. The van der Waals surface area contributed by atoms with Crippen LogP contribution in [0, 0.1) is 0 Å². The van der Waals surface area contributed by atoms with Crippen LogP contribution in [0.3, 0.4) is 0 Å². The fraction of sp³-hybridized carbons (Fsp3) is 0.0294. The van der Waals surface area contributed by atoms with Gasteiger partial charge < -0.3 is 14.4 Å². The Morgan fingerprint density at radius 1 is 0.310 bits per heavy atom. The molecule has 0 fully saturated rings. The topological polar surface area (TPSA) is 21.7 Å². The second kappa shape index (κ2) is 16.2. The molecule has 1 spiro atoms. The van der Waals surface area contributed by atoms with Crippen LogP contribution < -0.4 is 14.4 Å². The van der Waals surface area contributed by atoms with Gasteiger partial charge in [0.1, 0.15) is 0 Å². The van der Waals surface area contributed by atoms with Crippen LogP contribution in [0.25, 0.3) is 33.4 Å². The zero-order chi connectivity index (χ0) is 46.9. The summed E-state index contributed by atoms with van der Waals surface area (Å²) in [7, 11) is 0. The molecule has 0 N–H and O–H groups in total. The lowest BCUT2D eigenvalue weighted by molar-refractivity contribution is 0.361. The Hall–Kier alpha value is -9.18. The molecule has 0 aromatic heterocycles. The van der Waals surface area contributed by atoms with Crippen LogP contribution in [0.1, 0.15) is 44.5 Å². The highest BCUT2D eigenvalue weighted by atomic mass is 16.6. The number of rotatable bonds is 8. The van der Waals surface area contributed by atoms with Crippen molar-refractivity contribution in [1.29, 1.82) is 0 Å². The zero-order valence-corrected chi connectivity index (χ0v) is 38.7. The predicted molar refractivity (Wildman–Crippen MR) is 288 cm³/mol. The van der Waals surface area contributed by atoms with Gasteiger partial charge in [0.05, 0.1) is 16.5 Å². The van der Waals surface area contributed by atoms with E-state index in [-0.39, 0.29) is 0 Å². The summed E-state index contributed by atoms with van der Waals surface area (Å²) in [6, 6.07) is 98.4. The first kappa shape index (κ1) is 40.8. The minimum Gasteiger partial charge on any atom is -0.449 e. The molecular weight excluding hydrogens is 863 g/mol. The average Bonchev–Trinajstić information content (AvgIpc) is 3.92. The van der Waals surface area contributed by atoms with Crippen molar-refractivity contribution in [1.82, 2.24) is 0 Å². The lowest BCUT2D eigenvalue weighted by Crippen LogP contribution is -2.30. The molecule has 3 heteroatoms. The first-order chi connectivity index (χ1) is 35.2. The maximum absolute atomic E-state index is 7.41. The lowest BCUT2D eigenvalue weighted by Gasteiger charge is -2.37. The normalized spacial score (nSPS) is 13.1. The highest BCUT2D eigenvalue weighted by molar-refractivity contribution is 5.98. The van der Waals surface area contributed by atoms with Crippen LogP contribution in [0.4, 0.5) is 17.1 Å². The van der Waals surface area contributed by atoms with Crippen molar-refractivity contribution in [3.05, 3.63) is 317 Å². The highest BCUT2D eigenvalue weighted by Gasteiger charge is 2.53. The van der Waals surface area contributed by atoms with Crippen molar-refractivity contribution in [3.8, 4) is 56.4 Å². The van der Waals surface area contributed by atoms with Crippen LogP contribution in [0.15, 0.2) is 273 Å². The van der Waals surface area contributed by atoms with Gasteiger partial charge in [-0.3, -0.25) is 0 Å². The van der Waals surface area contributed by atoms with Gasteiger partial charge in [-0.05, 0) is 115 Å². The van der Waals surface area contributed by atoms with Gasteiger partial charge in [-0.15, -0.1) is 0 Å². The van der Waals surface area contributed by atoms with Crippen molar-refractivity contribution in [2.24, 2.45) is 0 Å². The smallest absolute Gasteiger partial charge is 0.194 e. The number of fused-ring (bicyclic) bond motifs is 13. The number of nitrogens with zero attached hydrogens (tertiary/aromatic N) is 1. The summed E-state index contributed by atoms with van der Waals surface area (Å²) >= 11 is 0. The van der Waals surface area contributed by atoms with Crippen molar-refractivity contribution in [2.75, 3.05) is 4.90 Å². The molecule has 0 bridgehead atoms. The molecule has 3 nitrogen and oxygen atoms in total. The minimum atomic E-state index is -0.532. The van der Waals surface area contributed by atoms with Crippen LogP contribution in [0.5, 0.6) is 23.0 Å². The molecule has 11 aromatic carbocycles. The third kappa shape index (κ3) is 6.03. The predicted octanol–water partition coefficient (Wildman–Crippen LogP) is 17.4. The van der Waals surface area contributed by atoms with Gasteiger partial charge in [-0.1, -0.05) is 231 Å². The second-order valence-electron chi connectivity index (χ2n) is 18.7. The molecule has 0 atom stereocenters. The van der Waals surface area contributed by atoms with E-state index in [4.69, 9.17) is 9.47 Å². The van der Waals surface area contributed by atoms with E-state index in [0.717, 1.165) is 45.1 Å². The number of hydrogen-bond donors (Lipinski definition) is 0. The summed E-state index contributed by atoms with van der Waals surface area (Å²) in [5, 5.41) is 0. The Labute approximate surface area is 414 Å². The van der Waals surface area contributed by atoms with Gasteiger partial charge in [-0.25, -0.2) is 0 Å². The van der Waals surface area contributed by atoms with E-state index in [9.17, 15) is 0 Å². The number of anilines is 3. The van der Waals surface area contributed by atoms with E-state index >= 15 is 0 Å². The van der Waals surface area contributed by atoms with E-state index in [1.807, 2.05) is 6.07 Å². The Kier molecular flexibility index (Phi) is 9.33. The molecule has 2 aliphatic carbocycles. The fourth-order valence-electron chi connectivity index (χ4n) is 12.2. The van der Waals surface area contributed by atoms with E-state index in [2.05, 4.69) is 272 Å². The summed E-state index contributed by atoms with van der Waals surface area (Å²) < 4.78 is 14.4. The standard InChI is InChI=1S/C68H45NO2/c1-5-22-48(23-6-1)67(49-24-7-2-8-25-49,50-26-9-3-10-27-50)51-41-39-46(40-42-51)47-21-19-30-53(45-47)69(52-28-11-4-12-29-52)61-37-20-38-62-65(61)71-66-63(70-62)44-43-60-64(66)56-33-15-18-36-59(56)68(60)57-34-16-13-31-54(57)55-32-14-17-35-58(55)68/h1-45H. The summed E-state index contributed by atoms with van der Waals surface area (Å²) in [6.07, 6.45) is 0. The van der Waals surface area contributed by atoms with Gasteiger partial charge in [0, 0.05) is 16.9 Å². The van der Waals surface area contributed by atoms with Crippen molar-refractivity contribution in [3.63, 3.8) is 0 Å². The molecule has 71 heavy (non-hydrogen) atoms. The number of para-hydroxylation sites is 2. The zero-order valence-electron chi connectivity index (χ0n) is 38.7. The van der Waals surface area contributed by atoms with E-state index in [1.54, 1.807) is 0 Å². The molecule has 14 rings (SSSR count). The SMILES string of the molecule is c1ccc(N(c2cccc(-c3ccc(C(c4ccccc4)(c4ccccc4)c4ccccc4)cc3)c2)c2cccc3c2Oc2c(ccc4c2-c2ccccc2C42c4ccccc4-c4ccccc42)O3)cc1. The number of hydrogen-bond acceptors (Lipinski definition) is 3. The summed E-state index contributed by atoms with van der Waals surface area (Å²) in [6.45, 7) is 0. The molecule has 0 unspecified atom stereocenters. The Morgan fingerprint density at radius 2 is 0.789 bits per heavy atom. The molecule has 334 valence electrons. The molecule has 0 amide bonds. The molecule has 1 heterocycles. The highest BCUT2D eigenvalue weighted by Crippen LogP contribution is 2.67. The monoisotopic (exact) mass is 907 g/mol. The van der Waals surface area contributed by atoms with Crippen LogP contribution >= 0.6 is 0 Å². The number of benzene rings is 11. The maximum Gasteiger partial charge on any atom is 0.194 e. The first-order valence-electron chi connectivity index (χ1n) is 24.4. The van der Waals surface area contributed by atoms with Crippen LogP contribution in [0.2, 0.25) is 0 Å². The molecular formula is C68H45NO2. The fourth-order valence-corrected chi connectivity index (χ4v) is 12.2. The Morgan fingerprint density at radius 3 is 1.39 bits per heavy atom. The molecule has 0 saturated carbocycles. The van der Waals surface area contributed by atoms with Gasteiger partial charge in [0.25, 0.3) is 0 Å². The molecule has 1 aliphatic heterocycles. The van der Waals surface area contributed by atoms with E-state index < -0.39 is 10.8 Å². The summed E-state index contributed by atoms with van der Waals surface area (Å²) in [5.41, 5.74) is 18.7. The van der Waals surface area contributed by atoms with Gasteiger partial charge >= 0.3 is 0 Å². The van der Waals surface area contributed by atoms with Gasteiger partial charge in [-0.2, -0.15) is 0 Å². The Balaban J connectivity index is 0.891. The van der Waals surface area contributed by atoms with E-state index in [1.165, 1.54) is 55.6 Å². The molecule has 0 saturated heterocycles. The van der Waals surface area contributed by atoms with E-state index in [0.29, 0.717) is 17.2 Å². The van der Waals surface area contributed by atoms with Crippen LogP contribution in [-0.4, -0.2) is 0 Å². The minimum absolute atomic E-state index is 0.502. The Bertz CT molecular complexity index is 3670. The molecule has 0 radical (unpaired) electrons. The maximum atomic E-state index is 7.41. The molecule has 3 aliphatic rings. The van der Waals surface area contributed by atoms with Crippen molar-refractivity contribution < 1.29 is 9.47 Å². The lowest BCUT2D eigenvalue weighted by atomic mass is 9.65. The second-order valence-corrected chi connectivity index (χ2v) is 18.7. The average molecular weight is 908 g/mol. The van der Waals surface area contributed by atoms with Crippen molar-refractivity contribution >= 4 is 17.1 Å². The van der Waals surface area contributed by atoms with Crippen LogP contribution in [-0.2, 0) is 10.8 Å². The third-order valence-electron chi connectivity index (χ3n) is 15.1. The summed E-state index contributed by atoms with van der Waals surface area (Å²) in [4.78, 5) is 2.29. The molecule has 11 aromatic rings.